The molecule has 0 unspecified atom stereocenters. The Morgan fingerprint density at radius 1 is 1.67 bits per heavy atom. The summed E-state index contributed by atoms with van der Waals surface area (Å²) in [5.41, 5.74) is 0. The number of aromatic nitrogens is 2. The van der Waals surface area contributed by atoms with E-state index >= 15 is 0 Å². The molecule has 0 saturated carbocycles. The van der Waals surface area contributed by atoms with Crippen LogP contribution in [0.4, 0.5) is 0 Å². The molecule has 0 aliphatic carbocycles. The van der Waals surface area contributed by atoms with Gasteiger partial charge in [-0.3, -0.25) is 0 Å². The van der Waals surface area contributed by atoms with Crippen molar-refractivity contribution in [3.05, 3.63) is 18.7 Å². The fourth-order valence-electron chi connectivity index (χ4n) is 0.269. The molecule has 0 bridgehead atoms. The fourth-order valence-corrected chi connectivity index (χ4v) is 0.868. The van der Waals surface area contributed by atoms with Gasteiger partial charge >= 0.3 is 52.1 Å². The summed E-state index contributed by atoms with van der Waals surface area (Å²) >= 11 is 0.873. The average molecular weight is 271 g/mol. The number of imidazole rings is 1. The molecule has 1 aromatic heterocycles. The number of nitrogens with zero attached hydrogens (tertiary/aromatic N) is 2. The molecule has 0 N–H and O–H groups in total. The summed E-state index contributed by atoms with van der Waals surface area (Å²) in [4.78, 5) is 3.83. The maximum atomic E-state index is 3.83. The van der Waals surface area contributed by atoms with Crippen LogP contribution in [0.1, 0.15) is 0 Å². The van der Waals surface area contributed by atoms with Crippen molar-refractivity contribution < 1.29 is 0 Å². The Hall–Kier alpha value is 0.132. The van der Waals surface area contributed by atoms with Gasteiger partial charge in [-0.05, 0) is 0 Å². The Morgan fingerprint density at radius 2 is 2.50 bits per heavy atom. The molecule has 0 atom stereocenters. The Balaban J connectivity index is 3.05. The van der Waals surface area contributed by atoms with Gasteiger partial charge in [0.25, 0.3) is 0 Å². The van der Waals surface area contributed by atoms with Gasteiger partial charge in [-0.1, -0.05) is 0 Å². The van der Waals surface area contributed by atoms with Crippen LogP contribution in [-0.4, -0.2) is 33.4 Å². The van der Waals surface area contributed by atoms with E-state index in [-0.39, 0.29) is 0 Å². The van der Waals surface area contributed by atoms with Crippen molar-refractivity contribution in [3.63, 3.8) is 0 Å². The molecule has 0 spiro atoms. The molecule has 0 aromatic carbocycles. The quantitative estimate of drug-likeness (QED) is 0.598. The van der Waals surface area contributed by atoms with Crippen molar-refractivity contribution in [3.8, 4) is 0 Å². The zero-order valence-electron chi connectivity index (χ0n) is 3.20. The Bertz CT molecular complexity index is 112. The SMILES string of the molecule is [Tl][n]1ccnc1. The van der Waals surface area contributed by atoms with E-state index in [0.717, 1.165) is 26.1 Å². The van der Waals surface area contributed by atoms with E-state index in [4.69, 9.17) is 0 Å². The van der Waals surface area contributed by atoms with Crippen LogP contribution in [-0.2, 0) is 0 Å². The molecule has 1 heterocycles. The molecule has 0 amide bonds. The number of rotatable bonds is 0. The van der Waals surface area contributed by atoms with Crippen LogP contribution in [0.5, 0.6) is 0 Å². The topological polar surface area (TPSA) is 17.8 Å². The molecule has 0 radical (unpaired) electrons. The molecule has 6 heavy (non-hydrogen) atoms. The second kappa shape index (κ2) is 1.72. The number of hydrogen-bond acceptors (Lipinski definition) is 1. The zero-order chi connectivity index (χ0) is 4.41. The van der Waals surface area contributed by atoms with E-state index in [1.807, 2.05) is 12.5 Å². The zero-order valence-corrected chi connectivity index (χ0v) is 7.69. The summed E-state index contributed by atoms with van der Waals surface area (Å²) in [6, 6.07) is 0. The van der Waals surface area contributed by atoms with Crippen LogP contribution in [0.25, 0.3) is 0 Å². The molecule has 0 saturated heterocycles. The number of hydrogen-bond donors (Lipinski definition) is 0. The minimum atomic E-state index is 0.873. The molecule has 0 fully saturated rings. The van der Waals surface area contributed by atoms with Crippen molar-refractivity contribution in [2.75, 3.05) is 0 Å². The molecule has 2 nitrogen and oxygen atoms in total. The Kier molecular flexibility index (Phi) is 1.23. The van der Waals surface area contributed by atoms with Crippen LogP contribution < -0.4 is 0 Å². The van der Waals surface area contributed by atoms with Crippen LogP contribution in [0.15, 0.2) is 18.7 Å². The molecular formula is C3H3N2Tl. The third-order valence-electron chi connectivity index (χ3n) is 0.525. The second-order valence-corrected chi connectivity index (χ2v) is 3.33. The van der Waals surface area contributed by atoms with Gasteiger partial charge in [0, 0.05) is 0 Å². The van der Waals surface area contributed by atoms with Crippen LogP contribution in [0.2, 0.25) is 0 Å². The van der Waals surface area contributed by atoms with E-state index in [9.17, 15) is 0 Å². The predicted octanol–water partition coefficient (Wildman–Crippen LogP) is -0.185. The monoisotopic (exact) mass is 272 g/mol. The van der Waals surface area contributed by atoms with Gasteiger partial charge in [0.05, 0.1) is 0 Å². The fraction of sp³-hybridized carbons (Fsp3) is 0. The molecular weight excluding hydrogens is 268 g/mol. The van der Waals surface area contributed by atoms with E-state index in [0.29, 0.717) is 0 Å². The van der Waals surface area contributed by atoms with E-state index < -0.39 is 0 Å². The van der Waals surface area contributed by atoms with Crippen molar-refractivity contribution in [2.24, 2.45) is 0 Å². The Morgan fingerprint density at radius 3 is 2.67 bits per heavy atom. The van der Waals surface area contributed by atoms with Gasteiger partial charge in [0.15, 0.2) is 0 Å². The van der Waals surface area contributed by atoms with E-state index in [1.165, 1.54) is 0 Å². The standard InChI is InChI=1S/C3H3N2.Tl/c1-2-5-3-4-1;/h1-3H;/q-1;+1. The van der Waals surface area contributed by atoms with E-state index in [1.54, 1.807) is 6.20 Å². The predicted molar refractivity (Wildman–Crippen MR) is 23.4 cm³/mol. The molecule has 1 rings (SSSR count). The van der Waals surface area contributed by atoms with Crippen molar-refractivity contribution in [1.29, 1.82) is 0 Å². The van der Waals surface area contributed by atoms with Gasteiger partial charge in [0.2, 0.25) is 0 Å². The normalized spacial score (nSPS) is 8.50. The summed E-state index contributed by atoms with van der Waals surface area (Å²) in [6.45, 7) is 0. The molecule has 0 aliphatic rings. The summed E-state index contributed by atoms with van der Waals surface area (Å²) in [5, 5.41) is 0. The summed E-state index contributed by atoms with van der Waals surface area (Å²) in [6.07, 6.45) is 5.58. The maximum absolute atomic E-state index is 3.83. The molecule has 28 valence electrons. The molecule has 1 aromatic rings. The molecule has 3 heteroatoms. The summed E-state index contributed by atoms with van der Waals surface area (Å²) < 4.78 is 2.06. The van der Waals surface area contributed by atoms with Gasteiger partial charge in [-0.25, -0.2) is 0 Å². The first-order chi connectivity index (χ1) is 2.89. The third kappa shape index (κ3) is 0.797. The van der Waals surface area contributed by atoms with Gasteiger partial charge in [-0.2, -0.15) is 0 Å². The average Bonchev–Trinajstić information content (AvgIpc) is 1.86. The van der Waals surface area contributed by atoms with Gasteiger partial charge in [-0.15, -0.1) is 0 Å². The van der Waals surface area contributed by atoms with Crippen LogP contribution in [0.3, 0.4) is 0 Å². The van der Waals surface area contributed by atoms with Crippen LogP contribution in [0, 0.1) is 0 Å². The van der Waals surface area contributed by atoms with Crippen LogP contribution >= 0.6 is 0 Å². The second-order valence-electron chi connectivity index (χ2n) is 1.01. The van der Waals surface area contributed by atoms with Crippen molar-refractivity contribution in [2.45, 2.75) is 0 Å². The van der Waals surface area contributed by atoms with Gasteiger partial charge < -0.3 is 0 Å². The van der Waals surface area contributed by atoms with Crippen molar-refractivity contribution in [1.82, 2.24) is 7.36 Å². The van der Waals surface area contributed by atoms with Crippen molar-refractivity contribution >= 4 is 26.1 Å². The van der Waals surface area contributed by atoms with E-state index in [2.05, 4.69) is 7.36 Å². The van der Waals surface area contributed by atoms with Gasteiger partial charge in [0.1, 0.15) is 0 Å². The first-order valence-electron chi connectivity index (χ1n) is 1.62. The minimum absolute atomic E-state index is 0.873. The first kappa shape index (κ1) is 4.30. The summed E-state index contributed by atoms with van der Waals surface area (Å²) in [7, 11) is 0. The Labute approximate surface area is 52.3 Å². The molecule has 0 aliphatic heterocycles. The third-order valence-corrected chi connectivity index (χ3v) is 1.71. The summed E-state index contributed by atoms with van der Waals surface area (Å²) in [5.74, 6) is 0. The first-order valence-corrected chi connectivity index (χ1v) is 3.63.